The summed E-state index contributed by atoms with van der Waals surface area (Å²) in [6.45, 7) is -0.246. The van der Waals surface area contributed by atoms with Gasteiger partial charge in [-0.15, -0.1) is 0 Å². The van der Waals surface area contributed by atoms with Gasteiger partial charge in [0.05, 0.1) is 0 Å². The number of nitrogen functional groups attached to an aromatic ring is 1. The Morgan fingerprint density at radius 3 is 2.61 bits per heavy atom. The lowest BCUT2D eigenvalue weighted by Gasteiger charge is -2.20. The lowest BCUT2D eigenvalue weighted by molar-refractivity contribution is -0.137. The molecule has 1 aliphatic rings. The minimum atomic E-state index is -0.986. The molecule has 1 fully saturated rings. The van der Waals surface area contributed by atoms with Gasteiger partial charge in [-0.3, -0.25) is 9.59 Å². The second-order valence-electron chi connectivity index (χ2n) is 4.29. The van der Waals surface area contributed by atoms with Crippen molar-refractivity contribution in [1.29, 1.82) is 0 Å². The molecular weight excluding hydrogens is 347 g/mol. The molecule has 0 heterocycles. The molecule has 0 aliphatic heterocycles. The van der Waals surface area contributed by atoms with Crippen molar-refractivity contribution in [3.8, 4) is 0 Å². The van der Waals surface area contributed by atoms with Crippen LogP contribution in [0.3, 0.4) is 0 Å². The number of carbonyl (C=O) groups is 2. The number of benzene rings is 1. The number of anilines is 1. The normalized spacial score (nSPS) is 14.3. The van der Waals surface area contributed by atoms with Gasteiger partial charge in [0.2, 0.25) is 0 Å². The summed E-state index contributed by atoms with van der Waals surface area (Å²) in [6, 6.07) is 5.07. The zero-order valence-corrected chi connectivity index (χ0v) is 11.8. The first kappa shape index (κ1) is 13.1. The maximum atomic E-state index is 12.2. The lowest BCUT2D eigenvalue weighted by atomic mass is 10.2. The molecule has 0 spiro atoms. The Morgan fingerprint density at radius 1 is 1.44 bits per heavy atom. The SMILES string of the molecule is Nc1ccc(C(=O)N(CC(=O)O)C2CC2)cc1I. The molecule has 3 N–H and O–H groups in total. The Balaban J connectivity index is 2.21. The molecule has 0 radical (unpaired) electrons. The summed E-state index contributed by atoms with van der Waals surface area (Å²) in [5.41, 5.74) is 6.79. The van der Waals surface area contributed by atoms with Crippen molar-refractivity contribution in [3.05, 3.63) is 27.3 Å². The van der Waals surface area contributed by atoms with Gasteiger partial charge < -0.3 is 15.7 Å². The minimum absolute atomic E-state index is 0.0730. The third-order valence-electron chi connectivity index (χ3n) is 2.80. The number of amides is 1. The van der Waals surface area contributed by atoms with E-state index in [0.29, 0.717) is 11.3 Å². The molecule has 1 aromatic rings. The van der Waals surface area contributed by atoms with E-state index in [1.807, 2.05) is 0 Å². The van der Waals surface area contributed by atoms with Crippen LogP contribution in [-0.4, -0.2) is 34.5 Å². The molecule has 2 rings (SSSR count). The fourth-order valence-electron chi connectivity index (χ4n) is 1.72. The van der Waals surface area contributed by atoms with Crippen molar-refractivity contribution in [2.75, 3.05) is 12.3 Å². The molecule has 1 saturated carbocycles. The van der Waals surface area contributed by atoms with Gasteiger partial charge in [-0.1, -0.05) is 0 Å². The smallest absolute Gasteiger partial charge is 0.323 e. The number of hydrogen-bond donors (Lipinski definition) is 2. The number of carboxylic acid groups (broad SMARTS) is 1. The Morgan fingerprint density at radius 2 is 2.11 bits per heavy atom. The van der Waals surface area contributed by atoms with E-state index >= 15 is 0 Å². The predicted octanol–water partition coefficient (Wildman–Crippen LogP) is 1.56. The van der Waals surface area contributed by atoms with E-state index in [-0.39, 0.29) is 18.5 Å². The van der Waals surface area contributed by atoms with Crippen LogP contribution in [0.5, 0.6) is 0 Å². The highest BCUT2D eigenvalue weighted by Crippen LogP contribution is 2.28. The number of rotatable bonds is 4. The highest BCUT2D eigenvalue weighted by Gasteiger charge is 2.34. The molecule has 18 heavy (non-hydrogen) atoms. The first-order chi connectivity index (χ1) is 8.49. The third kappa shape index (κ3) is 2.92. The van der Waals surface area contributed by atoms with Crippen LogP contribution in [0.4, 0.5) is 5.69 Å². The predicted molar refractivity (Wildman–Crippen MR) is 75.3 cm³/mol. The van der Waals surface area contributed by atoms with Gasteiger partial charge in [-0.2, -0.15) is 0 Å². The van der Waals surface area contributed by atoms with Crippen molar-refractivity contribution in [2.24, 2.45) is 0 Å². The zero-order chi connectivity index (χ0) is 13.3. The molecule has 96 valence electrons. The van der Waals surface area contributed by atoms with Crippen LogP contribution in [0, 0.1) is 3.57 Å². The maximum Gasteiger partial charge on any atom is 0.323 e. The summed E-state index contributed by atoms with van der Waals surface area (Å²) in [4.78, 5) is 24.4. The summed E-state index contributed by atoms with van der Waals surface area (Å²) < 4.78 is 0.796. The average Bonchev–Trinajstić information content (AvgIpc) is 3.12. The van der Waals surface area contributed by atoms with E-state index in [9.17, 15) is 9.59 Å². The third-order valence-corrected chi connectivity index (χ3v) is 3.74. The zero-order valence-electron chi connectivity index (χ0n) is 9.60. The summed E-state index contributed by atoms with van der Waals surface area (Å²) in [5.74, 6) is -1.22. The van der Waals surface area contributed by atoms with Gasteiger partial charge in [-0.25, -0.2) is 0 Å². The highest BCUT2D eigenvalue weighted by molar-refractivity contribution is 14.1. The molecule has 0 saturated heterocycles. The van der Waals surface area contributed by atoms with E-state index in [1.165, 1.54) is 4.90 Å². The fourth-order valence-corrected chi connectivity index (χ4v) is 2.24. The standard InChI is InChI=1S/C12H13IN2O3/c13-9-5-7(1-4-10(9)14)12(18)15(6-11(16)17)8-2-3-8/h1,4-5,8H,2-3,6,14H2,(H,16,17). The summed E-state index contributed by atoms with van der Waals surface area (Å²) in [7, 11) is 0. The second kappa shape index (κ2) is 5.13. The number of nitrogens with two attached hydrogens (primary N) is 1. The van der Waals surface area contributed by atoms with E-state index in [0.717, 1.165) is 16.4 Å². The Kier molecular flexibility index (Phi) is 3.74. The molecule has 1 amide bonds. The minimum Gasteiger partial charge on any atom is -0.480 e. The number of nitrogens with zero attached hydrogens (tertiary/aromatic N) is 1. The lowest BCUT2D eigenvalue weighted by Crippen LogP contribution is -2.37. The first-order valence-electron chi connectivity index (χ1n) is 5.57. The molecule has 0 aromatic heterocycles. The molecule has 0 atom stereocenters. The van der Waals surface area contributed by atoms with Crippen molar-refractivity contribution in [3.63, 3.8) is 0 Å². The van der Waals surface area contributed by atoms with Crippen LogP contribution in [0.1, 0.15) is 23.2 Å². The second-order valence-corrected chi connectivity index (χ2v) is 5.46. The Labute approximate surface area is 118 Å². The number of carbonyl (C=O) groups excluding carboxylic acids is 1. The fraction of sp³-hybridized carbons (Fsp3) is 0.333. The van der Waals surface area contributed by atoms with Crippen molar-refractivity contribution in [1.82, 2.24) is 4.90 Å². The van der Waals surface area contributed by atoms with E-state index in [1.54, 1.807) is 18.2 Å². The molecule has 6 heteroatoms. The average molecular weight is 360 g/mol. The quantitative estimate of drug-likeness (QED) is 0.631. The van der Waals surface area contributed by atoms with Crippen LogP contribution in [0.2, 0.25) is 0 Å². The number of hydrogen-bond acceptors (Lipinski definition) is 3. The largest absolute Gasteiger partial charge is 0.480 e. The van der Waals surface area contributed by atoms with E-state index in [2.05, 4.69) is 22.6 Å². The molecule has 1 aliphatic carbocycles. The summed E-state index contributed by atoms with van der Waals surface area (Å²) in [5, 5.41) is 8.84. The number of halogens is 1. The number of carboxylic acids is 1. The van der Waals surface area contributed by atoms with Crippen LogP contribution in [-0.2, 0) is 4.79 Å². The van der Waals surface area contributed by atoms with E-state index in [4.69, 9.17) is 10.8 Å². The highest BCUT2D eigenvalue weighted by atomic mass is 127. The van der Waals surface area contributed by atoms with Gasteiger partial charge in [-0.05, 0) is 53.6 Å². The summed E-state index contributed by atoms with van der Waals surface area (Å²) >= 11 is 2.05. The van der Waals surface area contributed by atoms with Crippen molar-refractivity contribution >= 4 is 40.2 Å². The molecule has 0 unspecified atom stereocenters. The van der Waals surface area contributed by atoms with Crippen LogP contribution >= 0.6 is 22.6 Å². The Bertz CT molecular complexity index is 500. The molecular formula is C12H13IN2O3. The van der Waals surface area contributed by atoms with Gasteiger partial charge >= 0.3 is 5.97 Å². The summed E-state index contributed by atoms with van der Waals surface area (Å²) in [6.07, 6.45) is 1.76. The van der Waals surface area contributed by atoms with Gasteiger partial charge in [0.1, 0.15) is 6.54 Å². The van der Waals surface area contributed by atoms with Crippen LogP contribution < -0.4 is 5.73 Å². The molecule has 1 aromatic carbocycles. The van der Waals surface area contributed by atoms with Crippen LogP contribution in [0.15, 0.2) is 18.2 Å². The van der Waals surface area contributed by atoms with Crippen molar-refractivity contribution < 1.29 is 14.7 Å². The molecule has 5 nitrogen and oxygen atoms in total. The van der Waals surface area contributed by atoms with Crippen LogP contribution in [0.25, 0.3) is 0 Å². The van der Waals surface area contributed by atoms with Gasteiger partial charge in [0.15, 0.2) is 0 Å². The maximum absolute atomic E-state index is 12.2. The van der Waals surface area contributed by atoms with Crippen molar-refractivity contribution in [2.45, 2.75) is 18.9 Å². The van der Waals surface area contributed by atoms with E-state index < -0.39 is 5.97 Å². The Hall–Kier alpha value is -1.31. The van der Waals surface area contributed by atoms with Gasteiger partial charge in [0, 0.05) is 20.9 Å². The monoisotopic (exact) mass is 360 g/mol. The molecule has 0 bridgehead atoms. The first-order valence-corrected chi connectivity index (χ1v) is 6.64. The number of aliphatic carboxylic acids is 1. The van der Waals surface area contributed by atoms with Gasteiger partial charge in [0.25, 0.3) is 5.91 Å². The topological polar surface area (TPSA) is 83.6 Å².